The highest BCUT2D eigenvalue weighted by Crippen LogP contribution is 2.34. The minimum Gasteiger partial charge on any atom is -0.288 e. The van der Waals surface area contributed by atoms with Crippen molar-refractivity contribution in [2.75, 3.05) is 0 Å². The van der Waals surface area contributed by atoms with E-state index >= 15 is 0 Å². The van der Waals surface area contributed by atoms with Crippen LogP contribution in [0, 0.1) is 11.6 Å². The number of fused-ring (bicyclic) bond motifs is 1. The molecule has 0 fully saturated rings. The Morgan fingerprint density at radius 1 is 1.00 bits per heavy atom. The van der Waals surface area contributed by atoms with Crippen LogP contribution in [0.3, 0.4) is 0 Å². The van der Waals surface area contributed by atoms with Gasteiger partial charge < -0.3 is 0 Å². The summed E-state index contributed by atoms with van der Waals surface area (Å²) in [5.74, 6) is -3.16. The molecule has 24 heavy (non-hydrogen) atoms. The van der Waals surface area contributed by atoms with Crippen LogP contribution in [0.25, 0.3) is 10.9 Å². The van der Waals surface area contributed by atoms with Gasteiger partial charge in [0.25, 0.3) is 0 Å². The van der Waals surface area contributed by atoms with Crippen molar-refractivity contribution in [1.82, 2.24) is 4.98 Å². The zero-order valence-electron chi connectivity index (χ0n) is 11.9. The number of benzene rings is 2. The van der Waals surface area contributed by atoms with Crippen molar-refractivity contribution in [3.8, 4) is 0 Å². The fraction of sp³-hybridized carbons (Fsp3) is 0.0588. The average Bonchev–Trinajstić information content (AvgIpc) is 2.52. The van der Waals surface area contributed by atoms with Gasteiger partial charge in [0.15, 0.2) is 5.78 Å². The number of carbonyl (C=O) groups is 1. The van der Waals surface area contributed by atoms with Gasteiger partial charge in [-0.1, -0.05) is 6.07 Å². The van der Waals surface area contributed by atoms with E-state index in [1.807, 2.05) is 0 Å². The highest BCUT2D eigenvalue weighted by Gasteiger charge is 2.37. The predicted molar refractivity (Wildman–Crippen MR) is 76.5 cm³/mol. The van der Waals surface area contributed by atoms with Crippen molar-refractivity contribution >= 4 is 16.7 Å². The average molecular weight is 337 g/mol. The van der Waals surface area contributed by atoms with Gasteiger partial charge in [-0.3, -0.25) is 9.78 Å². The SMILES string of the molecule is O=C(c1c(F)cccc1C(F)(F)F)c1ccnc2ccc(F)cc12. The number of hydrogen-bond donors (Lipinski definition) is 0. The second-order valence-corrected chi connectivity index (χ2v) is 5.01. The summed E-state index contributed by atoms with van der Waals surface area (Å²) in [4.78, 5) is 16.5. The Kier molecular flexibility index (Phi) is 3.79. The fourth-order valence-electron chi connectivity index (χ4n) is 2.44. The first kappa shape index (κ1) is 16.0. The molecule has 1 aromatic heterocycles. The molecule has 1 heterocycles. The van der Waals surface area contributed by atoms with Crippen molar-refractivity contribution < 1.29 is 26.7 Å². The van der Waals surface area contributed by atoms with Crippen LogP contribution in [0.5, 0.6) is 0 Å². The van der Waals surface area contributed by atoms with E-state index in [4.69, 9.17) is 0 Å². The van der Waals surface area contributed by atoms with Crippen LogP contribution in [0.15, 0.2) is 48.7 Å². The fourth-order valence-corrected chi connectivity index (χ4v) is 2.44. The highest BCUT2D eigenvalue weighted by molar-refractivity contribution is 6.16. The van der Waals surface area contributed by atoms with Crippen molar-refractivity contribution in [3.05, 3.63) is 77.0 Å². The summed E-state index contributed by atoms with van der Waals surface area (Å²) < 4.78 is 66.7. The Hall–Kier alpha value is -2.83. The summed E-state index contributed by atoms with van der Waals surface area (Å²) in [6.07, 6.45) is -3.71. The molecule has 0 atom stereocenters. The number of ketones is 1. The third-order valence-electron chi connectivity index (χ3n) is 3.49. The lowest BCUT2D eigenvalue weighted by Crippen LogP contribution is -2.16. The second kappa shape index (κ2) is 5.67. The van der Waals surface area contributed by atoms with E-state index in [0.717, 1.165) is 30.3 Å². The van der Waals surface area contributed by atoms with Crippen molar-refractivity contribution in [3.63, 3.8) is 0 Å². The standard InChI is InChI=1S/C17H8F5NO/c18-9-4-5-14-11(8-9)10(6-7-23-14)16(24)15-12(17(20,21)22)2-1-3-13(15)19/h1-8H. The third kappa shape index (κ3) is 2.73. The van der Waals surface area contributed by atoms with Crippen molar-refractivity contribution in [2.45, 2.75) is 6.18 Å². The first-order valence-corrected chi connectivity index (χ1v) is 6.73. The smallest absolute Gasteiger partial charge is 0.288 e. The number of rotatable bonds is 2. The molecule has 0 unspecified atom stereocenters. The van der Waals surface area contributed by atoms with E-state index in [2.05, 4.69) is 4.98 Å². The Balaban J connectivity index is 2.27. The van der Waals surface area contributed by atoms with Gasteiger partial charge in [-0.05, 0) is 36.4 Å². The number of pyridine rings is 1. The highest BCUT2D eigenvalue weighted by atomic mass is 19.4. The molecule has 0 spiro atoms. The van der Waals surface area contributed by atoms with Gasteiger partial charge >= 0.3 is 6.18 Å². The Morgan fingerprint density at radius 2 is 1.75 bits per heavy atom. The monoisotopic (exact) mass is 337 g/mol. The van der Waals surface area contributed by atoms with Crippen LogP contribution in [0.2, 0.25) is 0 Å². The van der Waals surface area contributed by atoms with Gasteiger partial charge in [0, 0.05) is 17.1 Å². The maximum absolute atomic E-state index is 14.0. The molecule has 3 aromatic rings. The normalized spacial score (nSPS) is 11.7. The number of carbonyl (C=O) groups excluding carboxylic acids is 1. The lowest BCUT2D eigenvalue weighted by Gasteiger charge is -2.13. The Bertz CT molecular complexity index is 949. The van der Waals surface area contributed by atoms with Gasteiger partial charge in [0.1, 0.15) is 11.6 Å². The van der Waals surface area contributed by atoms with Crippen LogP contribution in [0.1, 0.15) is 21.5 Å². The largest absolute Gasteiger partial charge is 0.417 e. The van der Waals surface area contributed by atoms with Crippen LogP contribution in [-0.4, -0.2) is 10.8 Å². The van der Waals surface area contributed by atoms with Gasteiger partial charge in [-0.15, -0.1) is 0 Å². The zero-order chi connectivity index (χ0) is 17.5. The lowest BCUT2D eigenvalue weighted by atomic mass is 9.95. The van der Waals surface area contributed by atoms with E-state index in [-0.39, 0.29) is 16.5 Å². The number of nitrogens with zero attached hydrogens (tertiary/aromatic N) is 1. The summed E-state index contributed by atoms with van der Waals surface area (Å²) in [7, 11) is 0. The zero-order valence-corrected chi connectivity index (χ0v) is 11.9. The number of halogens is 5. The van der Waals surface area contributed by atoms with E-state index < -0.39 is 34.7 Å². The van der Waals surface area contributed by atoms with Gasteiger partial charge in [-0.25, -0.2) is 8.78 Å². The molecular weight excluding hydrogens is 329 g/mol. The molecule has 0 radical (unpaired) electrons. The minimum absolute atomic E-state index is 0.0128. The van der Waals surface area contributed by atoms with Crippen LogP contribution in [-0.2, 0) is 6.18 Å². The van der Waals surface area contributed by atoms with Crippen LogP contribution >= 0.6 is 0 Å². The molecule has 0 bridgehead atoms. The molecule has 2 aromatic carbocycles. The maximum atomic E-state index is 14.0. The van der Waals surface area contributed by atoms with Crippen molar-refractivity contribution in [1.29, 1.82) is 0 Å². The summed E-state index contributed by atoms with van der Waals surface area (Å²) in [5, 5.41) is 0.0128. The molecule has 0 saturated carbocycles. The molecule has 122 valence electrons. The Labute approximate surface area is 132 Å². The van der Waals surface area contributed by atoms with Gasteiger partial charge in [-0.2, -0.15) is 13.2 Å². The third-order valence-corrected chi connectivity index (χ3v) is 3.49. The molecule has 0 saturated heterocycles. The van der Waals surface area contributed by atoms with Crippen LogP contribution in [0.4, 0.5) is 22.0 Å². The molecule has 2 nitrogen and oxygen atoms in total. The van der Waals surface area contributed by atoms with E-state index in [1.54, 1.807) is 0 Å². The summed E-state index contributed by atoms with van der Waals surface area (Å²) in [5.41, 5.74) is -2.52. The summed E-state index contributed by atoms with van der Waals surface area (Å²) >= 11 is 0. The molecule has 0 N–H and O–H groups in total. The number of aromatic nitrogens is 1. The first-order chi connectivity index (χ1) is 11.3. The summed E-state index contributed by atoms with van der Waals surface area (Å²) in [6, 6.07) is 6.77. The minimum atomic E-state index is -4.90. The first-order valence-electron chi connectivity index (χ1n) is 6.73. The van der Waals surface area contributed by atoms with Gasteiger partial charge in [0.2, 0.25) is 0 Å². The molecule has 0 amide bonds. The second-order valence-electron chi connectivity index (χ2n) is 5.01. The molecule has 3 rings (SSSR count). The topological polar surface area (TPSA) is 30.0 Å². The summed E-state index contributed by atoms with van der Waals surface area (Å²) in [6.45, 7) is 0. The molecule has 0 aliphatic heterocycles. The molecule has 0 aliphatic rings. The lowest BCUT2D eigenvalue weighted by molar-refractivity contribution is -0.138. The maximum Gasteiger partial charge on any atom is 0.417 e. The molecule has 7 heteroatoms. The quantitative estimate of drug-likeness (QED) is 0.498. The predicted octanol–water partition coefficient (Wildman–Crippen LogP) is 4.76. The number of alkyl halides is 3. The van der Waals surface area contributed by atoms with Crippen LogP contribution < -0.4 is 0 Å². The molecule has 0 aliphatic carbocycles. The van der Waals surface area contributed by atoms with Gasteiger partial charge in [0.05, 0.1) is 16.6 Å². The molecular formula is C17H8F5NO. The van der Waals surface area contributed by atoms with E-state index in [1.165, 1.54) is 12.3 Å². The number of hydrogen-bond acceptors (Lipinski definition) is 2. The van der Waals surface area contributed by atoms with E-state index in [0.29, 0.717) is 6.07 Å². The van der Waals surface area contributed by atoms with E-state index in [9.17, 15) is 26.7 Å². The Morgan fingerprint density at radius 3 is 2.46 bits per heavy atom. The van der Waals surface area contributed by atoms with Crippen molar-refractivity contribution in [2.24, 2.45) is 0 Å².